The maximum absolute atomic E-state index is 4.86. The van der Waals surface area contributed by atoms with Gasteiger partial charge in [-0.2, -0.15) is 0 Å². The van der Waals surface area contributed by atoms with Crippen LogP contribution in [-0.4, -0.2) is 85.2 Å². The Hall–Kier alpha value is -3.74. The molecule has 0 amide bonds. The fraction of sp³-hybridized carbons (Fsp3) is 0.436. The minimum atomic E-state index is 1.04. The highest BCUT2D eigenvalue weighted by Gasteiger charge is 2.21. The predicted octanol–water partition coefficient (Wildman–Crippen LogP) is 7.00. The van der Waals surface area contributed by atoms with Crippen molar-refractivity contribution >= 4 is 11.6 Å². The van der Waals surface area contributed by atoms with Gasteiger partial charge < -0.3 is 9.80 Å². The quantitative estimate of drug-likeness (QED) is 0.216. The average molecular weight is 603 g/mol. The molecule has 4 heterocycles. The van der Waals surface area contributed by atoms with Crippen LogP contribution in [0.5, 0.6) is 0 Å². The number of nitrogens with zero attached hydrogens (tertiary/aromatic N) is 6. The van der Waals surface area contributed by atoms with Crippen molar-refractivity contribution < 1.29 is 0 Å². The van der Waals surface area contributed by atoms with Crippen LogP contribution in [0.15, 0.2) is 60.9 Å². The third-order valence-electron chi connectivity index (χ3n) is 10.4. The summed E-state index contributed by atoms with van der Waals surface area (Å²) in [6.45, 7) is 24.1. The van der Waals surface area contributed by atoms with E-state index in [2.05, 4.69) is 110 Å². The minimum Gasteiger partial charge on any atom is -0.354 e. The third-order valence-corrected chi connectivity index (χ3v) is 10.4. The molecule has 4 aromatic rings. The Bertz CT molecular complexity index is 1430. The number of pyridine rings is 2. The smallest absolute Gasteiger partial charge is 0.128 e. The van der Waals surface area contributed by atoms with Crippen LogP contribution in [0.2, 0.25) is 0 Å². The standard InChI is InChI=1S/C39H50N6/c1-28-22-36(23-29(2)32(28)5)34-8-10-38(40-26-34)44-18-14-42(15-19-44)12-7-13-43-16-20-45(21-17-43)39-11-9-35(27-41-39)37-24-30(3)33(6)31(4)25-37/h8-11,22-27H,7,12-21H2,1-6H3. The zero-order chi connectivity index (χ0) is 31.5. The summed E-state index contributed by atoms with van der Waals surface area (Å²) in [6, 6.07) is 18.0. The highest BCUT2D eigenvalue weighted by atomic mass is 15.3. The van der Waals surface area contributed by atoms with Crippen LogP contribution in [0.4, 0.5) is 11.6 Å². The van der Waals surface area contributed by atoms with E-state index in [0.717, 1.165) is 64.0 Å². The maximum atomic E-state index is 4.86. The first-order valence-electron chi connectivity index (χ1n) is 16.8. The first kappa shape index (κ1) is 31.3. The molecule has 0 aliphatic carbocycles. The second kappa shape index (κ2) is 13.7. The molecule has 236 valence electrons. The fourth-order valence-electron chi connectivity index (χ4n) is 6.81. The molecule has 2 aromatic carbocycles. The van der Waals surface area contributed by atoms with Crippen molar-refractivity contribution in [2.45, 2.75) is 48.0 Å². The van der Waals surface area contributed by atoms with Gasteiger partial charge in [0.05, 0.1) is 0 Å². The summed E-state index contributed by atoms with van der Waals surface area (Å²) in [5.41, 5.74) is 13.0. The molecule has 6 heteroatoms. The van der Waals surface area contributed by atoms with Gasteiger partial charge in [0.15, 0.2) is 0 Å². The van der Waals surface area contributed by atoms with E-state index in [4.69, 9.17) is 9.97 Å². The van der Waals surface area contributed by atoms with E-state index in [0.29, 0.717) is 0 Å². The highest BCUT2D eigenvalue weighted by Crippen LogP contribution is 2.27. The molecule has 0 radical (unpaired) electrons. The number of aromatic nitrogens is 2. The van der Waals surface area contributed by atoms with Gasteiger partial charge in [0.2, 0.25) is 0 Å². The van der Waals surface area contributed by atoms with Crippen LogP contribution in [0, 0.1) is 41.5 Å². The first-order valence-corrected chi connectivity index (χ1v) is 16.8. The number of rotatable bonds is 8. The Morgan fingerprint density at radius 2 is 0.822 bits per heavy atom. The van der Waals surface area contributed by atoms with Gasteiger partial charge in [-0.05, 0) is 130 Å². The van der Waals surface area contributed by atoms with E-state index in [1.807, 2.05) is 12.4 Å². The number of hydrogen-bond acceptors (Lipinski definition) is 6. The second-order valence-corrected chi connectivity index (χ2v) is 13.3. The van der Waals surface area contributed by atoms with E-state index >= 15 is 0 Å². The van der Waals surface area contributed by atoms with Crippen molar-refractivity contribution in [3.63, 3.8) is 0 Å². The Balaban J connectivity index is 0.912. The van der Waals surface area contributed by atoms with E-state index in [-0.39, 0.29) is 0 Å². The molecular formula is C39H50N6. The lowest BCUT2D eigenvalue weighted by atomic mass is 9.97. The molecular weight excluding hydrogens is 552 g/mol. The molecule has 0 atom stereocenters. The van der Waals surface area contributed by atoms with Crippen LogP contribution in [-0.2, 0) is 0 Å². The highest BCUT2D eigenvalue weighted by molar-refractivity contribution is 5.67. The van der Waals surface area contributed by atoms with E-state index in [1.165, 1.54) is 75.1 Å². The monoisotopic (exact) mass is 602 g/mol. The summed E-state index contributed by atoms with van der Waals surface area (Å²) < 4.78 is 0. The molecule has 0 spiro atoms. The van der Waals surface area contributed by atoms with Crippen LogP contribution in [0.25, 0.3) is 22.3 Å². The summed E-state index contributed by atoms with van der Waals surface area (Å²) in [7, 11) is 0. The molecule has 2 aromatic heterocycles. The maximum Gasteiger partial charge on any atom is 0.128 e. The van der Waals surface area contributed by atoms with Gasteiger partial charge in [-0.25, -0.2) is 9.97 Å². The van der Waals surface area contributed by atoms with Gasteiger partial charge in [-0.3, -0.25) is 9.80 Å². The Kier molecular flexibility index (Phi) is 9.53. The number of anilines is 2. The number of hydrogen-bond donors (Lipinski definition) is 0. The van der Waals surface area contributed by atoms with Crippen molar-refractivity contribution in [1.82, 2.24) is 19.8 Å². The molecule has 0 N–H and O–H groups in total. The average Bonchev–Trinajstić information content (AvgIpc) is 3.06. The van der Waals surface area contributed by atoms with E-state index in [1.54, 1.807) is 0 Å². The second-order valence-electron chi connectivity index (χ2n) is 13.3. The summed E-state index contributed by atoms with van der Waals surface area (Å²) in [6.07, 6.45) is 5.32. The molecule has 2 aliphatic rings. The summed E-state index contributed by atoms with van der Waals surface area (Å²) >= 11 is 0. The van der Waals surface area contributed by atoms with Gasteiger partial charge in [0.25, 0.3) is 0 Å². The Morgan fingerprint density at radius 3 is 1.13 bits per heavy atom. The van der Waals surface area contributed by atoms with E-state index < -0.39 is 0 Å². The topological polar surface area (TPSA) is 38.7 Å². The van der Waals surface area contributed by atoms with E-state index in [9.17, 15) is 0 Å². The minimum absolute atomic E-state index is 1.04. The number of benzene rings is 2. The van der Waals surface area contributed by atoms with Crippen molar-refractivity contribution in [2.75, 3.05) is 75.2 Å². The largest absolute Gasteiger partial charge is 0.354 e. The summed E-state index contributed by atoms with van der Waals surface area (Å²) in [4.78, 5) is 19.8. The lowest BCUT2D eigenvalue weighted by molar-refractivity contribution is 0.212. The number of piperazine rings is 2. The van der Waals surface area contributed by atoms with Gasteiger partial charge in [0.1, 0.15) is 11.6 Å². The normalized spacial score (nSPS) is 16.4. The van der Waals surface area contributed by atoms with Gasteiger partial charge in [-0.15, -0.1) is 0 Å². The number of aryl methyl sites for hydroxylation is 4. The summed E-state index contributed by atoms with van der Waals surface area (Å²) in [5, 5.41) is 0. The SMILES string of the molecule is Cc1cc(-c2ccc(N3CCN(CCCN4CCN(c5ccc(-c6cc(C)c(C)c(C)c6)cn5)CC4)CC3)nc2)cc(C)c1C. The molecule has 45 heavy (non-hydrogen) atoms. The van der Waals surface area contributed by atoms with Crippen molar-refractivity contribution in [1.29, 1.82) is 0 Å². The van der Waals surface area contributed by atoms with Gasteiger partial charge >= 0.3 is 0 Å². The molecule has 6 rings (SSSR count). The van der Waals surface area contributed by atoms with Crippen molar-refractivity contribution in [3.8, 4) is 22.3 Å². The van der Waals surface area contributed by atoms with Crippen LogP contribution >= 0.6 is 0 Å². The first-order chi connectivity index (χ1) is 21.7. The van der Waals surface area contributed by atoms with Gasteiger partial charge in [0, 0.05) is 75.9 Å². The van der Waals surface area contributed by atoms with Crippen LogP contribution in [0.1, 0.15) is 39.8 Å². The van der Waals surface area contributed by atoms with Crippen LogP contribution < -0.4 is 9.80 Å². The third kappa shape index (κ3) is 7.23. The molecule has 2 fully saturated rings. The zero-order valence-electron chi connectivity index (χ0n) is 28.2. The molecule has 0 bridgehead atoms. The lowest BCUT2D eigenvalue weighted by Crippen LogP contribution is -2.49. The Morgan fingerprint density at radius 1 is 0.467 bits per heavy atom. The fourth-order valence-corrected chi connectivity index (χ4v) is 6.81. The molecule has 0 saturated carbocycles. The van der Waals surface area contributed by atoms with Gasteiger partial charge in [-0.1, -0.05) is 24.3 Å². The lowest BCUT2D eigenvalue weighted by Gasteiger charge is -2.37. The molecule has 6 nitrogen and oxygen atoms in total. The van der Waals surface area contributed by atoms with Crippen molar-refractivity contribution in [2.24, 2.45) is 0 Å². The zero-order valence-corrected chi connectivity index (χ0v) is 28.2. The Labute approximate surface area is 270 Å². The molecule has 2 saturated heterocycles. The van der Waals surface area contributed by atoms with Crippen LogP contribution in [0.3, 0.4) is 0 Å². The predicted molar refractivity (Wildman–Crippen MR) is 190 cm³/mol. The molecule has 2 aliphatic heterocycles. The molecule has 0 unspecified atom stereocenters. The summed E-state index contributed by atoms with van der Waals surface area (Å²) in [5.74, 6) is 2.20. The van der Waals surface area contributed by atoms with Crippen molar-refractivity contribution in [3.05, 3.63) is 94.3 Å².